The molecule has 1 fully saturated rings. The first-order valence-corrected chi connectivity index (χ1v) is 15.7. The van der Waals surface area contributed by atoms with E-state index in [1.807, 2.05) is 50.6 Å². The van der Waals surface area contributed by atoms with E-state index in [1.54, 1.807) is 21.3 Å². The van der Waals surface area contributed by atoms with Gasteiger partial charge in [0.1, 0.15) is 0 Å². The average molecular weight is 586 g/mol. The number of carbonyl (C=O) groups excluding carboxylic acids is 1. The van der Waals surface area contributed by atoms with Gasteiger partial charge >= 0.3 is 0 Å². The molecule has 39 heavy (non-hydrogen) atoms. The van der Waals surface area contributed by atoms with Crippen molar-refractivity contribution >= 4 is 54.2 Å². The fraction of sp³-hybridized carbons (Fsp3) is 0.393. The molecule has 2 aromatic heterocycles. The lowest BCUT2D eigenvalue weighted by Gasteiger charge is -2.32. The van der Waals surface area contributed by atoms with Crippen molar-refractivity contribution in [1.82, 2.24) is 19.1 Å². The normalized spacial score (nSPS) is 16.6. The van der Waals surface area contributed by atoms with Gasteiger partial charge in [0.25, 0.3) is 5.91 Å². The van der Waals surface area contributed by atoms with Gasteiger partial charge < -0.3 is 0 Å². The number of carbonyl (C=O) groups is 1. The molecule has 1 aliphatic rings. The molecule has 3 heterocycles. The molecule has 1 atom stereocenters. The molecule has 0 saturated carbocycles. The molecule has 8 nitrogen and oxygen atoms in total. The van der Waals surface area contributed by atoms with E-state index in [0.717, 1.165) is 46.4 Å². The van der Waals surface area contributed by atoms with Gasteiger partial charge in [-0.05, 0) is 88.6 Å². The molecule has 11 heteroatoms. The third-order valence-corrected chi connectivity index (χ3v) is 10.5. The van der Waals surface area contributed by atoms with Crippen molar-refractivity contribution in [3.63, 3.8) is 0 Å². The van der Waals surface area contributed by atoms with E-state index >= 15 is 0 Å². The Labute approximate surface area is 238 Å². The quantitative estimate of drug-likeness (QED) is 0.266. The number of benzene rings is 2. The van der Waals surface area contributed by atoms with Crippen LogP contribution >= 0.6 is 22.9 Å². The summed E-state index contributed by atoms with van der Waals surface area (Å²) in [5.74, 6) is -0.255. The number of thiazole rings is 1. The third-order valence-electron chi connectivity index (χ3n) is 7.20. The van der Waals surface area contributed by atoms with Gasteiger partial charge in [-0.2, -0.15) is 9.40 Å². The van der Waals surface area contributed by atoms with Gasteiger partial charge in [0, 0.05) is 35.4 Å². The number of nitrogens with zero attached hydrogens (tertiary/aromatic N) is 5. The van der Waals surface area contributed by atoms with Crippen LogP contribution in [-0.4, -0.2) is 52.5 Å². The van der Waals surface area contributed by atoms with Gasteiger partial charge in [0.2, 0.25) is 10.0 Å². The van der Waals surface area contributed by atoms with E-state index in [9.17, 15) is 13.2 Å². The van der Waals surface area contributed by atoms with E-state index in [1.165, 1.54) is 23.5 Å². The van der Waals surface area contributed by atoms with Crippen molar-refractivity contribution in [2.75, 3.05) is 18.0 Å². The number of fused-ring (bicyclic) bond motifs is 1. The topological polar surface area (TPSA) is 88.4 Å². The van der Waals surface area contributed by atoms with Crippen LogP contribution in [0.1, 0.15) is 53.5 Å². The van der Waals surface area contributed by atoms with E-state index in [0.29, 0.717) is 35.4 Å². The van der Waals surface area contributed by atoms with Crippen LogP contribution in [0, 0.1) is 20.8 Å². The molecule has 2 aromatic carbocycles. The Hall–Kier alpha value is -2.79. The van der Waals surface area contributed by atoms with E-state index < -0.39 is 10.0 Å². The van der Waals surface area contributed by atoms with Crippen molar-refractivity contribution in [3.05, 3.63) is 70.0 Å². The number of aryl methyl sites for hydroxylation is 3. The fourth-order valence-electron chi connectivity index (χ4n) is 5.13. The molecule has 1 amide bonds. The lowest BCUT2D eigenvalue weighted by molar-refractivity contribution is 0.0985. The molecule has 1 unspecified atom stereocenters. The number of anilines is 1. The minimum Gasteiger partial charge on any atom is -0.282 e. The van der Waals surface area contributed by atoms with Crippen LogP contribution in [0.2, 0.25) is 5.02 Å². The molecule has 0 radical (unpaired) electrons. The van der Waals surface area contributed by atoms with Crippen LogP contribution in [0.25, 0.3) is 10.2 Å². The predicted molar refractivity (Wildman–Crippen MR) is 156 cm³/mol. The smallest absolute Gasteiger partial charge is 0.260 e. The number of hydrogen-bond acceptors (Lipinski definition) is 6. The highest BCUT2D eigenvalue weighted by Gasteiger charge is 2.31. The monoisotopic (exact) mass is 585 g/mol. The summed E-state index contributed by atoms with van der Waals surface area (Å²) in [5, 5.41) is 5.72. The van der Waals surface area contributed by atoms with E-state index in [2.05, 4.69) is 5.10 Å². The summed E-state index contributed by atoms with van der Waals surface area (Å²) in [6.45, 7) is 9.17. The van der Waals surface area contributed by atoms with Gasteiger partial charge in [-0.1, -0.05) is 29.4 Å². The van der Waals surface area contributed by atoms with Crippen molar-refractivity contribution < 1.29 is 13.2 Å². The molecule has 4 aromatic rings. The highest BCUT2D eigenvalue weighted by molar-refractivity contribution is 7.89. The number of hydrogen-bond donors (Lipinski definition) is 0. The van der Waals surface area contributed by atoms with Crippen molar-refractivity contribution in [3.8, 4) is 0 Å². The SMILES string of the molecule is Cc1cc(C)n(CCN(C(=O)c2ccc(S(=O)(=O)N3CCCCC3C)cc2)c2nc3c(C)cc(Cl)cc3s2)n1. The molecule has 0 aliphatic carbocycles. The maximum absolute atomic E-state index is 13.9. The minimum absolute atomic E-state index is 0.0362. The summed E-state index contributed by atoms with van der Waals surface area (Å²) in [6, 6.07) is 11.9. The Balaban J connectivity index is 1.46. The highest BCUT2D eigenvalue weighted by atomic mass is 35.5. The molecule has 0 N–H and O–H groups in total. The third kappa shape index (κ3) is 5.61. The molecule has 206 valence electrons. The van der Waals surface area contributed by atoms with Crippen LogP contribution in [0.4, 0.5) is 5.13 Å². The molecule has 1 aliphatic heterocycles. The largest absolute Gasteiger partial charge is 0.282 e. The van der Waals surface area contributed by atoms with Gasteiger partial charge in [-0.15, -0.1) is 0 Å². The Morgan fingerprint density at radius 2 is 1.87 bits per heavy atom. The van der Waals surface area contributed by atoms with E-state index in [4.69, 9.17) is 16.6 Å². The van der Waals surface area contributed by atoms with Crippen molar-refractivity contribution in [2.45, 2.75) is 64.4 Å². The predicted octanol–water partition coefficient (Wildman–Crippen LogP) is 5.98. The van der Waals surface area contributed by atoms with Crippen LogP contribution in [-0.2, 0) is 16.6 Å². The van der Waals surface area contributed by atoms with Crippen LogP contribution in [0.3, 0.4) is 0 Å². The number of piperidine rings is 1. The van der Waals surface area contributed by atoms with Crippen LogP contribution in [0.5, 0.6) is 0 Å². The van der Waals surface area contributed by atoms with Gasteiger partial charge in [-0.3, -0.25) is 14.4 Å². The van der Waals surface area contributed by atoms with Crippen molar-refractivity contribution in [1.29, 1.82) is 0 Å². The first-order valence-electron chi connectivity index (χ1n) is 13.1. The Kier molecular flexibility index (Phi) is 7.83. The van der Waals surface area contributed by atoms with Crippen molar-refractivity contribution in [2.24, 2.45) is 0 Å². The maximum Gasteiger partial charge on any atom is 0.260 e. The average Bonchev–Trinajstić information content (AvgIpc) is 3.46. The highest BCUT2D eigenvalue weighted by Crippen LogP contribution is 2.34. The van der Waals surface area contributed by atoms with Gasteiger partial charge in [0.05, 0.1) is 27.4 Å². The first-order chi connectivity index (χ1) is 18.5. The summed E-state index contributed by atoms with van der Waals surface area (Å²) in [7, 11) is -3.63. The number of halogens is 1. The van der Waals surface area contributed by atoms with Gasteiger partial charge in [0.15, 0.2) is 5.13 Å². The number of sulfonamides is 1. The lowest BCUT2D eigenvalue weighted by atomic mass is 10.1. The van der Waals surface area contributed by atoms with E-state index in [-0.39, 0.29) is 16.8 Å². The summed E-state index contributed by atoms with van der Waals surface area (Å²) >= 11 is 7.69. The number of aromatic nitrogens is 3. The Morgan fingerprint density at radius 3 is 2.54 bits per heavy atom. The molecule has 0 spiro atoms. The molecular weight excluding hydrogens is 554 g/mol. The summed E-state index contributed by atoms with van der Waals surface area (Å²) < 4.78 is 30.9. The molecule has 5 rings (SSSR count). The zero-order chi connectivity index (χ0) is 27.9. The molecule has 0 bridgehead atoms. The Morgan fingerprint density at radius 1 is 1.13 bits per heavy atom. The summed E-state index contributed by atoms with van der Waals surface area (Å²) in [6.07, 6.45) is 2.75. The fourth-order valence-corrected chi connectivity index (χ4v) is 8.27. The Bertz CT molecular complexity index is 1630. The van der Waals surface area contributed by atoms with Gasteiger partial charge in [-0.25, -0.2) is 13.4 Å². The molecular formula is C28H32ClN5O3S2. The second kappa shape index (κ2) is 11.0. The minimum atomic E-state index is -3.63. The first kappa shape index (κ1) is 27.8. The summed E-state index contributed by atoms with van der Waals surface area (Å²) in [4.78, 5) is 20.5. The second-order valence-corrected chi connectivity index (χ2v) is 13.5. The molecule has 1 saturated heterocycles. The zero-order valence-corrected chi connectivity index (χ0v) is 24.9. The van der Waals surface area contributed by atoms with Crippen LogP contribution in [0.15, 0.2) is 47.4 Å². The standard InChI is InChI=1S/C28H32ClN5O3S2/c1-18-15-23(29)17-25-26(18)30-28(38-25)32(13-14-33-21(4)16-19(2)31-33)27(35)22-8-10-24(11-9-22)39(36,37)34-12-6-5-7-20(34)3/h8-11,15-17,20H,5-7,12-14H2,1-4H3. The number of amides is 1. The lowest BCUT2D eigenvalue weighted by Crippen LogP contribution is -2.41. The maximum atomic E-state index is 13.9. The second-order valence-electron chi connectivity index (χ2n) is 10.2. The van der Waals surface area contributed by atoms with Crippen LogP contribution < -0.4 is 4.90 Å². The number of rotatable bonds is 7. The zero-order valence-electron chi connectivity index (χ0n) is 22.5. The summed E-state index contributed by atoms with van der Waals surface area (Å²) in [5.41, 5.74) is 4.06.